The molecule has 2 atom stereocenters. The van der Waals surface area contributed by atoms with Crippen molar-refractivity contribution in [2.75, 3.05) is 19.7 Å². The molecule has 0 aromatic carbocycles. The van der Waals surface area contributed by atoms with E-state index in [9.17, 15) is 24.3 Å². The number of aliphatic carboxylic acids is 1. The maximum Gasteiger partial charge on any atom is 0.326 e. The molecule has 0 aliphatic carbocycles. The summed E-state index contributed by atoms with van der Waals surface area (Å²) in [5.41, 5.74) is -1.06. The van der Waals surface area contributed by atoms with E-state index in [2.05, 4.69) is 50.6 Å². The van der Waals surface area contributed by atoms with Crippen LogP contribution in [-0.2, 0) is 23.9 Å². The maximum absolute atomic E-state index is 12.8. The highest BCUT2D eigenvalue weighted by Crippen LogP contribution is 2.33. The molecule has 9 heteroatoms. The minimum atomic E-state index is -1.15. The van der Waals surface area contributed by atoms with Gasteiger partial charge in [-0.2, -0.15) is 0 Å². The lowest BCUT2D eigenvalue weighted by Crippen LogP contribution is -2.47. The Hall–Kier alpha value is -2.16. The fraction of sp³-hybridized carbons (Fsp3) is 0.882. The number of carbonyl (C=O) groups is 4. The maximum atomic E-state index is 12.8. The van der Waals surface area contributed by atoms with Crippen molar-refractivity contribution in [1.82, 2.24) is 16.0 Å². The second kappa shape index (κ2) is 19.3. The molecule has 0 aromatic rings. The highest BCUT2D eigenvalue weighted by atomic mass is 16.5. The van der Waals surface area contributed by atoms with Crippen LogP contribution >= 0.6 is 0 Å². The Labute approximate surface area is 263 Å². The number of amides is 3. The summed E-state index contributed by atoms with van der Waals surface area (Å²) in [5.74, 6) is -1.44. The molecular formula is C34H67N3O6. The Kier molecular flexibility index (Phi) is 19.3. The van der Waals surface area contributed by atoms with Gasteiger partial charge in [0.05, 0.1) is 6.10 Å². The van der Waals surface area contributed by atoms with Crippen molar-refractivity contribution in [2.45, 2.75) is 148 Å². The lowest BCUT2D eigenvalue weighted by atomic mass is 9.76. The predicted molar refractivity (Wildman–Crippen MR) is 176 cm³/mol. The van der Waals surface area contributed by atoms with Crippen LogP contribution in [0.25, 0.3) is 0 Å². The fourth-order valence-electron chi connectivity index (χ4n) is 5.27. The summed E-state index contributed by atoms with van der Waals surface area (Å²) < 4.78 is 5.90. The fourth-order valence-corrected chi connectivity index (χ4v) is 5.27. The zero-order chi connectivity index (χ0) is 34.2. The first-order valence-electron chi connectivity index (χ1n) is 16.2. The minimum Gasteiger partial charge on any atom is -0.480 e. The third kappa shape index (κ3) is 20.4. The highest BCUT2D eigenvalue weighted by molar-refractivity contribution is 5.87. The van der Waals surface area contributed by atoms with Gasteiger partial charge in [0, 0.05) is 36.9 Å². The van der Waals surface area contributed by atoms with Crippen molar-refractivity contribution in [1.29, 1.82) is 0 Å². The second-order valence-electron chi connectivity index (χ2n) is 15.4. The van der Waals surface area contributed by atoms with Gasteiger partial charge in [-0.1, -0.05) is 90.0 Å². The van der Waals surface area contributed by atoms with E-state index in [4.69, 9.17) is 4.74 Å². The Balaban J connectivity index is 0. The van der Waals surface area contributed by atoms with Gasteiger partial charge >= 0.3 is 5.97 Å². The van der Waals surface area contributed by atoms with Gasteiger partial charge in [-0.05, 0) is 55.8 Å². The molecule has 9 nitrogen and oxygen atoms in total. The molecule has 0 aromatic heterocycles. The molecule has 0 rings (SSSR count). The van der Waals surface area contributed by atoms with E-state index < -0.39 is 22.8 Å². The first-order valence-corrected chi connectivity index (χ1v) is 16.2. The molecule has 0 aliphatic heterocycles. The van der Waals surface area contributed by atoms with Gasteiger partial charge in [0.1, 0.15) is 6.04 Å². The number of rotatable bonds is 19. The van der Waals surface area contributed by atoms with E-state index in [1.54, 1.807) is 13.8 Å². The Morgan fingerprint density at radius 2 is 1.35 bits per heavy atom. The molecule has 3 amide bonds. The molecule has 2 unspecified atom stereocenters. The second-order valence-corrected chi connectivity index (χ2v) is 15.4. The van der Waals surface area contributed by atoms with Gasteiger partial charge in [-0.3, -0.25) is 14.4 Å². The van der Waals surface area contributed by atoms with E-state index in [0.717, 1.165) is 6.42 Å². The molecule has 0 fully saturated rings. The van der Waals surface area contributed by atoms with E-state index in [-0.39, 0.29) is 47.5 Å². The van der Waals surface area contributed by atoms with Crippen LogP contribution in [0.4, 0.5) is 0 Å². The van der Waals surface area contributed by atoms with Crippen LogP contribution in [0.3, 0.4) is 0 Å². The number of hydrogen-bond donors (Lipinski definition) is 4. The van der Waals surface area contributed by atoms with Crippen molar-refractivity contribution in [3.63, 3.8) is 0 Å². The van der Waals surface area contributed by atoms with Crippen molar-refractivity contribution in [3.8, 4) is 0 Å². The number of carbonyl (C=O) groups excluding carboxylic acids is 3. The SMILES string of the molecule is CC.CC(C)CC(C)(C)C(=O)NC(CCC(=O)NCCC(C)OCCC(C)(C)C(=O)NCC(C)(C)CC(C)(C)C)C(=O)O. The summed E-state index contributed by atoms with van der Waals surface area (Å²) in [7, 11) is 0. The molecule has 0 bridgehead atoms. The average Bonchev–Trinajstić information content (AvgIpc) is 2.83. The quantitative estimate of drug-likeness (QED) is 0.134. The number of carboxylic acids is 1. The van der Waals surface area contributed by atoms with E-state index >= 15 is 0 Å². The van der Waals surface area contributed by atoms with Crippen molar-refractivity contribution < 1.29 is 29.0 Å². The van der Waals surface area contributed by atoms with Crippen LogP contribution in [0.2, 0.25) is 0 Å². The molecule has 4 N–H and O–H groups in total. The van der Waals surface area contributed by atoms with Gasteiger partial charge in [-0.25, -0.2) is 4.79 Å². The minimum absolute atomic E-state index is 0.00623. The Morgan fingerprint density at radius 3 is 1.84 bits per heavy atom. The first kappa shape index (κ1) is 43.0. The van der Waals surface area contributed by atoms with Crippen LogP contribution in [0, 0.1) is 27.6 Å². The van der Waals surface area contributed by atoms with Gasteiger partial charge in [0.15, 0.2) is 0 Å². The van der Waals surface area contributed by atoms with E-state index in [1.807, 2.05) is 48.5 Å². The molecule has 0 saturated heterocycles. The zero-order valence-electron chi connectivity index (χ0n) is 30.1. The number of carboxylic acid groups (broad SMARTS) is 1. The topological polar surface area (TPSA) is 134 Å². The largest absolute Gasteiger partial charge is 0.480 e. The van der Waals surface area contributed by atoms with Gasteiger partial charge in [0.25, 0.3) is 0 Å². The molecule has 254 valence electrons. The number of hydrogen-bond acceptors (Lipinski definition) is 5. The summed E-state index contributed by atoms with van der Waals surface area (Å²) in [4.78, 5) is 49.4. The standard InChI is InChI=1S/C32H61N3O6.C2H6/c1-22(2)19-32(11,12)28(40)35-24(26(37)38)13-14-25(36)33-17-15-23(3)41-18-16-31(9,10)27(39)34-21-30(7,8)20-29(4,5)6;1-2/h22-24H,13-21H2,1-12H3,(H,33,36)(H,34,39)(H,35,40)(H,37,38);1-2H3. The molecular weight excluding hydrogens is 546 g/mol. The van der Waals surface area contributed by atoms with Gasteiger partial charge < -0.3 is 25.8 Å². The number of nitrogens with one attached hydrogen (secondary N) is 3. The molecule has 0 saturated carbocycles. The third-order valence-electron chi connectivity index (χ3n) is 7.15. The van der Waals surface area contributed by atoms with Crippen LogP contribution in [0.5, 0.6) is 0 Å². The Morgan fingerprint density at radius 1 is 0.791 bits per heavy atom. The van der Waals surface area contributed by atoms with E-state index in [1.165, 1.54) is 0 Å². The van der Waals surface area contributed by atoms with Crippen molar-refractivity contribution in [3.05, 3.63) is 0 Å². The smallest absolute Gasteiger partial charge is 0.326 e. The summed E-state index contributed by atoms with van der Waals surface area (Å²) in [5, 5.41) is 18.0. The number of ether oxygens (including phenoxy) is 1. The molecule has 43 heavy (non-hydrogen) atoms. The summed E-state index contributed by atoms with van der Waals surface area (Å²) in [6.45, 7) is 29.8. The summed E-state index contributed by atoms with van der Waals surface area (Å²) in [6, 6.07) is -1.12. The predicted octanol–water partition coefficient (Wildman–Crippen LogP) is 6.34. The van der Waals surface area contributed by atoms with Crippen LogP contribution in [0.15, 0.2) is 0 Å². The van der Waals surface area contributed by atoms with Crippen LogP contribution < -0.4 is 16.0 Å². The van der Waals surface area contributed by atoms with Gasteiger partial charge in [0.2, 0.25) is 17.7 Å². The van der Waals surface area contributed by atoms with Crippen LogP contribution in [-0.4, -0.2) is 60.6 Å². The first-order chi connectivity index (χ1) is 19.5. The van der Waals surface area contributed by atoms with Crippen LogP contribution in [0.1, 0.15) is 135 Å². The third-order valence-corrected chi connectivity index (χ3v) is 7.15. The normalized spacial score (nSPS) is 13.8. The molecule has 0 aliphatic rings. The highest BCUT2D eigenvalue weighted by Gasteiger charge is 2.33. The molecule has 0 heterocycles. The van der Waals surface area contributed by atoms with Gasteiger partial charge in [-0.15, -0.1) is 0 Å². The molecule has 0 spiro atoms. The lowest BCUT2D eigenvalue weighted by molar-refractivity contribution is -0.144. The zero-order valence-corrected chi connectivity index (χ0v) is 30.1. The summed E-state index contributed by atoms with van der Waals surface area (Å²) >= 11 is 0. The Bertz CT molecular complexity index is 859. The monoisotopic (exact) mass is 614 g/mol. The molecule has 0 radical (unpaired) electrons. The lowest BCUT2D eigenvalue weighted by Gasteiger charge is -2.34. The van der Waals surface area contributed by atoms with Crippen molar-refractivity contribution in [2.24, 2.45) is 27.6 Å². The van der Waals surface area contributed by atoms with Crippen molar-refractivity contribution >= 4 is 23.7 Å². The average molecular weight is 614 g/mol. The summed E-state index contributed by atoms with van der Waals surface area (Å²) in [6.07, 6.45) is 2.69. The van der Waals surface area contributed by atoms with E-state index in [0.29, 0.717) is 44.9 Å².